The van der Waals surface area contributed by atoms with Crippen molar-refractivity contribution in [3.63, 3.8) is 0 Å². The molecule has 0 fully saturated rings. The standard InChI is InChI=1S/C8H10ClNO3/c9-3-6(11)8(13)5-1-2-7(12)10-4-5/h1-2,4,6,8,11,13H,3H2,(H,10,12). The lowest BCUT2D eigenvalue weighted by atomic mass is 10.1. The monoisotopic (exact) mass is 203 g/mol. The molecule has 2 atom stereocenters. The van der Waals surface area contributed by atoms with Gasteiger partial charge in [0.2, 0.25) is 5.56 Å². The van der Waals surface area contributed by atoms with Gasteiger partial charge in [-0.2, -0.15) is 0 Å². The smallest absolute Gasteiger partial charge is 0.247 e. The van der Waals surface area contributed by atoms with Crippen molar-refractivity contribution in [2.75, 3.05) is 5.88 Å². The van der Waals surface area contributed by atoms with Gasteiger partial charge in [0, 0.05) is 12.3 Å². The molecule has 0 radical (unpaired) electrons. The predicted molar refractivity (Wildman–Crippen MR) is 48.7 cm³/mol. The molecule has 3 N–H and O–H groups in total. The van der Waals surface area contributed by atoms with Crippen LogP contribution in [0.15, 0.2) is 23.1 Å². The van der Waals surface area contributed by atoms with Gasteiger partial charge in [-0.25, -0.2) is 0 Å². The van der Waals surface area contributed by atoms with Crippen molar-refractivity contribution in [2.45, 2.75) is 12.2 Å². The molecule has 13 heavy (non-hydrogen) atoms. The average Bonchev–Trinajstić information content (AvgIpc) is 2.17. The van der Waals surface area contributed by atoms with E-state index in [1.54, 1.807) is 0 Å². The summed E-state index contributed by atoms with van der Waals surface area (Å²) >= 11 is 5.35. The van der Waals surface area contributed by atoms with Crippen LogP contribution < -0.4 is 5.56 Å². The molecular weight excluding hydrogens is 194 g/mol. The molecule has 0 aliphatic rings. The van der Waals surface area contributed by atoms with E-state index in [4.69, 9.17) is 11.6 Å². The minimum absolute atomic E-state index is 0.0553. The predicted octanol–water partition coefficient (Wildman–Crippen LogP) is 0.00800. The Bertz CT molecular complexity index is 305. The highest BCUT2D eigenvalue weighted by molar-refractivity contribution is 6.18. The van der Waals surface area contributed by atoms with Crippen LogP contribution in [0.25, 0.3) is 0 Å². The normalized spacial score (nSPS) is 15.3. The first-order valence-electron chi connectivity index (χ1n) is 3.76. The van der Waals surface area contributed by atoms with Gasteiger partial charge >= 0.3 is 0 Å². The van der Waals surface area contributed by atoms with Gasteiger partial charge in [-0.15, -0.1) is 11.6 Å². The Morgan fingerprint density at radius 3 is 2.62 bits per heavy atom. The molecule has 1 heterocycles. The molecule has 0 spiro atoms. The van der Waals surface area contributed by atoms with E-state index in [1.165, 1.54) is 18.3 Å². The molecular formula is C8H10ClNO3. The molecule has 4 nitrogen and oxygen atoms in total. The highest BCUT2D eigenvalue weighted by atomic mass is 35.5. The lowest BCUT2D eigenvalue weighted by molar-refractivity contribution is 0.0325. The van der Waals surface area contributed by atoms with Gasteiger partial charge in [0.25, 0.3) is 0 Å². The summed E-state index contributed by atoms with van der Waals surface area (Å²) in [6.07, 6.45) is -0.732. The lowest BCUT2D eigenvalue weighted by Gasteiger charge is -2.14. The number of aliphatic hydroxyl groups excluding tert-OH is 2. The fourth-order valence-corrected chi connectivity index (χ4v) is 1.08. The molecule has 0 amide bonds. The van der Waals surface area contributed by atoms with Crippen molar-refractivity contribution in [1.82, 2.24) is 4.98 Å². The molecule has 0 saturated carbocycles. The number of aromatic amines is 1. The second-order valence-electron chi connectivity index (χ2n) is 2.65. The zero-order chi connectivity index (χ0) is 9.84. The van der Waals surface area contributed by atoms with Gasteiger partial charge < -0.3 is 15.2 Å². The SMILES string of the molecule is O=c1ccc(C(O)C(O)CCl)c[nH]1. The average molecular weight is 204 g/mol. The number of hydrogen-bond acceptors (Lipinski definition) is 3. The maximum absolute atomic E-state index is 10.7. The lowest BCUT2D eigenvalue weighted by Crippen LogP contribution is -2.20. The third kappa shape index (κ3) is 2.55. The summed E-state index contributed by atoms with van der Waals surface area (Å²) in [6.45, 7) is 0. The van der Waals surface area contributed by atoms with Crippen molar-refractivity contribution in [2.24, 2.45) is 0 Å². The van der Waals surface area contributed by atoms with Gasteiger partial charge in [0.05, 0.1) is 12.0 Å². The van der Waals surface area contributed by atoms with Crippen LogP contribution in [0.5, 0.6) is 0 Å². The number of alkyl halides is 1. The van der Waals surface area contributed by atoms with Crippen LogP contribution in [0.4, 0.5) is 0 Å². The zero-order valence-corrected chi connectivity index (χ0v) is 7.53. The molecule has 0 bridgehead atoms. The highest BCUT2D eigenvalue weighted by Gasteiger charge is 2.16. The van der Waals surface area contributed by atoms with Crippen LogP contribution >= 0.6 is 11.6 Å². The molecule has 1 aromatic rings. The largest absolute Gasteiger partial charge is 0.389 e. The molecule has 5 heteroatoms. The van der Waals surface area contributed by atoms with E-state index in [2.05, 4.69) is 4.98 Å². The third-order valence-corrected chi connectivity index (χ3v) is 1.99. The number of halogens is 1. The fraction of sp³-hybridized carbons (Fsp3) is 0.375. The minimum Gasteiger partial charge on any atom is -0.389 e. The first-order valence-corrected chi connectivity index (χ1v) is 4.29. The maximum Gasteiger partial charge on any atom is 0.247 e. The van der Waals surface area contributed by atoms with Crippen LogP contribution in [0.3, 0.4) is 0 Å². The van der Waals surface area contributed by atoms with E-state index in [1.807, 2.05) is 0 Å². The van der Waals surface area contributed by atoms with Crippen LogP contribution in [-0.4, -0.2) is 27.2 Å². The van der Waals surface area contributed by atoms with Crippen LogP contribution in [0.2, 0.25) is 0 Å². The number of hydrogen-bond donors (Lipinski definition) is 3. The summed E-state index contributed by atoms with van der Waals surface area (Å²) in [7, 11) is 0. The number of aromatic nitrogens is 1. The van der Waals surface area contributed by atoms with E-state index >= 15 is 0 Å². The topological polar surface area (TPSA) is 73.3 Å². The Labute approximate surface area is 79.8 Å². The Balaban J connectivity index is 2.83. The molecule has 0 aliphatic heterocycles. The Kier molecular flexibility index (Phi) is 3.48. The van der Waals surface area contributed by atoms with Gasteiger partial charge in [0.15, 0.2) is 0 Å². The molecule has 2 unspecified atom stereocenters. The summed E-state index contributed by atoms with van der Waals surface area (Å²) in [5.74, 6) is -0.0553. The zero-order valence-electron chi connectivity index (χ0n) is 6.77. The second kappa shape index (κ2) is 4.41. The van der Waals surface area contributed by atoms with Gasteiger partial charge in [-0.1, -0.05) is 0 Å². The summed E-state index contributed by atoms with van der Waals surface area (Å²) in [6, 6.07) is 2.72. The van der Waals surface area contributed by atoms with Crippen LogP contribution in [0, 0.1) is 0 Å². The van der Waals surface area contributed by atoms with Gasteiger partial charge in [0.1, 0.15) is 6.10 Å². The first-order chi connectivity index (χ1) is 6.15. The molecule has 0 aliphatic carbocycles. The van der Waals surface area contributed by atoms with E-state index in [0.717, 1.165) is 0 Å². The summed E-state index contributed by atoms with van der Waals surface area (Å²) in [4.78, 5) is 13.0. The van der Waals surface area contributed by atoms with E-state index < -0.39 is 12.2 Å². The highest BCUT2D eigenvalue weighted by Crippen LogP contribution is 2.15. The Morgan fingerprint density at radius 1 is 1.46 bits per heavy atom. The number of rotatable bonds is 3. The van der Waals surface area contributed by atoms with Crippen molar-refractivity contribution >= 4 is 11.6 Å². The van der Waals surface area contributed by atoms with E-state index in [9.17, 15) is 15.0 Å². The number of nitrogens with one attached hydrogen (secondary N) is 1. The Hall–Kier alpha value is -0.840. The molecule has 0 aromatic carbocycles. The number of aliphatic hydroxyl groups is 2. The summed E-state index contributed by atoms with van der Waals surface area (Å²) in [5, 5.41) is 18.6. The van der Waals surface area contributed by atoms with Crippen molar-refractivity contribution in [3.8, 4) is 0 Å². The van der Waals surface area contributed by atoms with E-state index in [-0.39, 0.29) is 11.4 Å². The van der Waals surface area contributed by atoms with Gasteiger partial charge in [-0.3, -0.25) is 4.79 Å². The fourth-order valence-electron chi connectivity index (χ4n) is 0.913. The summed E-state index contributed by atoms with van der Waals surface area (Å²) < 4.78 is 0. The number of pyridine rings is 1. The van der Waals surface area contributed by atoms with E-state index in [0.29, 0.717) is 5.56 Å². The third-order valence-electron chi connectivity index (χ3n) is 1.67. The molecule has 0 saturated heterocycles. The van der Waals surface area contributed by atoms with Crippen LogP contribution in [0.1, 0.15) is 11.7 Å². The first kappa shape index (κ1) is 10.2. The molecule has 72 valence electrons. The Morgan fingerprint density at radius 2 is 2.15 bits per heavy atom. The summed E-state index contributed by atoms with van der Waals surface area (Å²) in [5.41, 5.74) is 0.184. The molecule has 1 aromatic heterocycles. The second-order valence-corrected chi connectivity index (χ2v) is 2.96. The van der Waals surface area contributed by atoms with Crippen molar-refractivity contribution in [3.05, 3.63) is 34.2 Å². The molecule has 1 rings (SSSR count). The van der Waals surface area contributed by atoms with Gasteiger partial charge in [-0.05, 0) is 11.6 Å². The van der Waals surface area contributed by atoms with Crippen LogP contribution in [-0.2, 0) is 0 Å². The van der Waals surface area contributed by atoms with Crippen molar-refractivity contribution in [1.29, 1.82) is 0 Å². The minimum atomic E-state index is -1.06. The number of H-pyrrole nitrogens is 1. The quantitative estimate of drug-likeness (QED) is 0.606. The van der Waals surface area contributed by atoms with Crippen molar-refractivity contribution < 1.29 is 10.2 Å². The maximum atomic E-state index is 10.7.